The van der Waals surface area contributed by atoms with E-state index in [1.165, 1.54) is 6.92 Å². The van der Waals surface area contributed by atoms with Crippen molar-refractivity contribution in [1.82, 2.24) is 5.32 Å². The van der Waals surface area contributed by atoms with Crippen molar-refractivity contribution in [2.45, 2.75) is 12.3 Å². The van der Waals surface area contributed by atoms with E-state index in [-0.39, 0.29) is 11.3 Å². The molecular weight excluding hydrogens is 214 g/mol. The molecule has 1 aromatic rings. The first-order chi connectivity index (χ1) is 7.13. The van der Waals surface area contributed by atoms with Gasteiger partial charge in [-0.1, -0.05) is 12.1 Å². The molecule has 0 radical (unpaired) electrons. The maximum absolute atomic E-state index is 10.7. The highest BCUT2D eigenvalue weighted by molar-refractivity contribution is 6.21. The van der Waals surface area contributed by atoms with Gasteiger partial charge in [-0.05, 0) is 24.7 Å². The lowest BCUT2D eigenvalue weighted by molar-refractivity contribution is -0.131. The van der Waals surface area contributed by atoms with Crippen LogP contribution >= 0.6 is 11.6 Å². The summed E-state index contributed by atoms with van der Waals surface area (Å²) in [6.07, 6.45) is 0. The molecule has 15 heavy (non-hydrogen) atoms. The van der Waals surface area contributed by atoms with Crippen LogP contribution in [0, 0.1) is 0 Å². The summed E-state index contributed by atoms with van der Waals surface area (Å²) >= 11 is 6.09. The van der Waals surface area contributed by atoms with Gasteiger partial charge >= 0.3 is 5.97 Å². The van der Waals surface area contributed by atoms with Gasteiger partial charge in [-0.2, -0.15) is 0 Å². The van der Waals surface area contributed by atoms with Crippen molar-refractivity contribution in [3.05, 3.63) is 29.8 Å². The largest absolute Gasteiger partial charge is 0.427 e. The third-order valence-electron chi connectivity index (χ3n) is 1.89. The zero-order chi connectivity index (χ0) is 11.3. The lowest BCUT2D eigenvalue weighted by atomic mass is 10.1. The molecule has 0 aromatic heterocycles. The maximum Gasteiger partial charge on any atom is 0.308 e. The zero-order valence-corrected chi connectivity index (χ0v) is 9.54. The predicted octanol–water partition coefficient (Wildman–Crippen LogP) is 2.11. The van der Waals surface area contributed by atoms with Crippen LogP contribution in [0.4, 0.5) is 0 Å². The molecule has 0 aliphatic rings. The Morgan fingerprint density at radius 1 is 1.47 bits per heavy atom. The van der Waals surface area contributed by atoms with Gasteiger partial charge in [0.15, 0.2) is 0 Å². The van der Waals surface area contributed by atoms with Crippen molar-refractivity contribution in [2.75, 3.05) is 13.6 Å². The van der Waals surface area contributed by atoms with E-state index in [1.54, 1.807) is 12.1 Å². The Morgan fingerprint density at radius 2 is 2.07 bits per heavy atom. The smallest absolute Gasteiger partial charge is 0.308 e. The van der Waals surface area contributed by atoms with E-state index in [1.807, 2.05) is 19.2 Å². The number of nitrogens with one attached hydrogen (secondary N) is 1. The number of carbonyl (C=O) groups excluding carboxylic acids is 1. The second-order valence-electron chi connectivity index (χ2n) is 3.19. The van der Waals surface area contributed by atoms with Crippen LogP contribution in [0.15, 0.2) is 24.3 Å². The molecule has 0 spiro atoms. The molecule has 0 bridgehead atoms. The van der Waals surface area contributed by atoms with E-state index in [9.17, 15) is 4.79 Å². The molecule has 0 unspecified atom stereocenters. The number of carbonyl (C=O) groups is 1. The van der Waals surface area contributed by atoms with Crippen LogP contribution in [-0.4, -0.2) is 19.6 Å². The fraction of sp³-hybridized carbons (Fsp3) is 0.364. The van der Waals surface area contributed by atoms with Crippen molar-refractivity contribution in [1.29, 1.82) is 0 Å². The molecule has 0 saturated carbocycles. The quantitative estimate of drug-likeness (QED) is 0.487. The van der Waals surface area contributed by atoms with E-state index in [2.05, 4.69) is 5.32 Å². The molecule has 0 fully saturated rings. The Kier molecular flexibility index (Phi) is 4.59. The number of benzene rings is 1. The standard InChI is InChI=1S/C11H14ClNO2/c1-8(14)15-10-5-3-9(4-6-10)11(12)7-13-2/h3-6,11,13H,7H2,1-2H3/t11-/m1/s1. The Labute approximate surface area is 94.4 Å². The van der Waals surface area contributed by atoms with Crippen LogP contribution in [0.25, 0.3) is 0 Å². The molecular formula is C11H14ClNO2. The number of hydrogen-bond acceptors (Lipinski definition) is 3. The summed E-state index contributed by atoms with van der Waals surface area (Å²) in [6.45, 7) is 2.08. The van der Waals surface area contributed by atoms with Gasteiger partial charge in [0.05, 0.1) is 5.38 Å². The van der Waals surface area contributed by atoms with Crippen LogP contribution in [0.5, 0.6) is 5.75 Å². The third-order valence-corrected chi connectivity index (χ3v) is 2.29. The van der Waals surface area contributed by atoms with E-state index < -0.39 is 0 Å². The molecule has 0 amide bonds. The summed E-state index contributed by atoms with van der Waals surface area (Å²) < 4.78 is 4.91. The number of likely N-dealkylation sites (N-methyl/N-ethyl adjacent to an activating group) is 1. The molecule has 0 aliphatic heterocycles. The fourth-order valence-electron chi connectivity index (χ4n) is 1.21. The minimum atomic E-state index is -0.319. The summed E-state index contributed by atoms with van der Waals surface area (Å²) in [4.78, 5) is 10.7. The van der Waals surface area contributed by atoms with Crippen LogP contribution in [-0.2, 0) is 4.79 Å². The first-order valence-corrected chi connectivity index (χ1v) is 5.14. The highest BCUT2D eigenvalue weighted by Gasteiger charge is 2.06. The number of alkyl halides is 1. The fourth-order valence-corrected chi connectivity index (χ4v) is 1.51. The highest BCUT2D eigenvalue weighted by atomic mass is 35.5. The number of rotatable bonds is 4. The van der Waals surface area contributed by atoms with Gasteiger partial charge in [-0.15, -0.1) is 11.6 Å². The van der Waals surface area contributed by atoms with Crippen LogP contribution in [0.2, 0.25) is 0 Å². The first kappa shape index (κ1) is 12.0. The van der Waals surface area contributed by atoms with Crippen molar-refractivity contribution in [3.63, 3.8) is 0 Å². The number of esters is 1. The van der Waals surface area contributed by atoms with E-state index in [0.29, 0.717) is 12.3 Å². The number of hydrogen-bond donors (Lipinski definition) is 1. The van der Waals surface area contributed by atoms with Gasteiger partial charge in [-0.25, -0.2) is 0 Å². The Morgan fingerprint density at radius 3 is 2.53 bits per heavy atom. The predicted molar refractivity (Wildman–Crippen MR) is 60.3 cm³/mol. The van der Waals surface area contributed by atoms with Gasteiger partial charge in [0.2, 0.25) is 0 Å². The average molecular weight is 228 g/mol. The van der Waals surface area contributed by atoms with Gasteiger partial charge in [0.1, 0.15) is 5.75 Å². The minimum absolute atomic E-state index is 0.0682. The molecule has 82 valence electrons. The van der Waals surface area contributed by atoms with Gasteiger partial charge < -0.3 is 10.1 Å². The lowest BCUT2D eigenvalue weighted by Crippen LogP contribution is -2.13. The van der Waals surface area contributed by atoms with Gasteiger partial charge in [0.25, 0.3) is 0 Å². The van der Waals surface area contributed by atoms with E-state index >= 15 is 0 Å². The second kappa shape index (κ2) is 5.73. The Bertz CT molecular complexity index is 324. The van der Waals surface area contributed by atoms with Crippen molar-refractivity contribution in [3.8, 4) is 5.75 Å². The van der Waals surface area contributed by atoms with Crippen LogP contribution in [0.1, 0.15) is 17.9 Å². The van der Waals surface area contributed by atoms with E-state index in [4.69, 9.17) is 16.3 Å². The topological polar surface area (TPSA) is 38.3 Å². The third kappa shape index (κ3) is 3.90. The second-order valence-corrected chi connectivity index (χ2v) is 3.71. The zero-order valence-electron chi connectivity index (χ0n) is 8.79. The molecule has 3 nitrogen and oxygen atoms in total. The summed E-state index contributed by atoms with van der Waals surface area (Å²) in [5.74, 6) is 0.222. The number of ether oxygens (including phenoxy) is 1. The molecule has 1 atom stereocenters. The van der Waals surface area contributed by atoms with Gasteiger partial charge in [0, 0.05) is 13.5 Å². The Balaban J connectivity index is 2.67. The van der Waals surface area contributed by atoms with Crippen LogP contribution < -0.4 is 10.1 Å². The molecule has 4 heteroatoms. The van der Waals surface area contributed by atoms with Gasteiger partial charge in [-0.3, -0.25) is 4.79 Å². The molecule has 0 saturated heterocycles. The van der Waals surface area contributed by atoms with Crippen molar-refractivity contribution < 1.29 is 9.53 Å². The normalized spacial score (nSPS) is 12.2. The Hall–Kier alpha value is -1.06. The maximum atomic E-state index is 10.7. The van der Waals surface area contributed by atoms with Crippen molar-refractivity contribution in [2.24, 2.45) is 0 Å². The molecule has 1 rings (SSSR count). The van der Waals surface area contributed by atoms with Crippen molar-refractivity contribution >= 4 is 17.6 Å². The SMILES string of the molecule is CNC[C@@H](Cl)c1ccc(OC(C)=O)cc1. The molecule has 1 N–H and O–H groups in total. The lowest BCUT2D eigenvalue weighted by Gasteiger charge is -2.09. The number of halogens is 1. The summed E-state index contributed by atoms with van der Waals surface area (Å²) in [5, 5.41) is 2.93. The summed E-state index contributed by atoms with van der Waals surface area (Å²) in [7, 11) is 1.85. The minimum Gasteiger partial charge on any atom is -0.427 e. The molecule has 1 aromatic carbocycles. The summed E-state index contributed by atoms with van der Waals surface area (Å²) in [6, 6.07) is 7.18. The summed E-state index contributed by atoms with van der Waals surface area (Å²) in [5.41, 5.74) is 1.00. The molecule has 0 aliphatic carbocycles. The monoisotopic (exact) mass is 227 g/mol. The average Bonchev–Trinajstić information content (AvgIpc) is 2.18. The van der Waals surface area contributed by atoms with Crippen LogP contribution in [0.3, 0.4) is 0 Å². The first-order valence-electron chi connectivity index (χ1n) is 4.70. The molecule has 0 heterocycles. The van der Waals surface area contributed by atoms with E-state index in [0.717, 1.165) is 5.56 Å². The highest BCUT2D eigenvalue weighted by Crippen LogP contribution is 2.22.